The van der Waals surface area contributed by atoms with E-state index in [2.05, 4.69) is 41.8 Å². The molecule has 1 amide bonds. The summed E-state index contributed by atoms with van der Waals surface area (Å²) >= 11 is 0. The molecule has 5 heteroatoms. The third-order valence-electron chi connectivity index (χ3n) is 5.50. The van der Waals surface area contributed by atoms with Gasteiger partial charge in [-0.05, 0) is 51.3 Å². The maximum Gasteiger partial charge on any atom is 0.407 e. The summed E-state index contributed by atoms with van der Waals surface area (Å²) in [5, 5.41) is 17.7. The molecule has 1 aliphatic rings. The lowest BCUT2D eigenvalue weighted by molar-refractivity contribution is 0.0430. The Labute approximate surface area is 191 Å². The van der Waals surface area contributed by atoms with E-state index in [4.69, 9.17) is 4.74 Å². The van der Waals surface area contributed by atoms with Gasteiger partial charge in [0, 0.05) is 24.2 Å². The van der Waals surface area contributed by atoms with Crippen molar-refractivity contribution >= 4 is 6.09 Å². The van der Waals surface area contributed by atoms with Gasteiger partial charge in [0.1, 0.15) is 11.7 Å². The number of allylic oxidation sites excluding steroid dienone is 2. The van der Waals surface area contributed by atoms with E-state index in [1.54, 1.807) is 0 Å². The topological polar surface area (TPSA) is 70.6 Å². The number of rotatable bonds is 7. The molecule has 3 N–H and O–H groups in total. The Morgan fingerprint density at radius 1 is 1.06 bits per heavy atom. The second kappa shape index (κ2) is 10.0. The van der Waals surface area contributed by atoms with Crippen LogP contribution in [0.5, 0.6) is 0 Å². The Hall–Kier alpha value is -3.05. The number of carbonyl (C=O) groups excluding carboxylic acids is 1. The third kappa shape index (κ3) is 6.47. The Kier molecular flexibility index (Phi) is 7.41. The molecule has 0 bridgehead atoms. The first-order chi connectivity index (χ1) is 15.2. The van der Waals surface area contributed by atoms with Crippen LogP contribution in [-0.2, 0) is 17.7 Å². The van der Waals surface area contributed by atoms with Crippen molar-refractivity contribution in [2.24, 2.45) is 5.41 Å². The number of alkyl carbamates (subject to hydrolysis) is 1. The molecule has 0 saturated carbocycles. The SMILES string of the molecule is Cc1ccc(CNC2=CC=C[C@](CNC(=O)OC(C)(C)C)(Cc3ccccc3)[C@H]2O)cc1. The van der Waals surface area contributed by atoms with E-state index >= 15 is 0 Å². The summed E-state index contributed by atoms with van der Waals surface area (Å²) in [7, 11) is 0. The molecule has 0 aliphatic heterocycles. The van der Waals surface area contributed by atoms with E-state index in [1.165, 1.54) is 5.56 Å². The van der Waals surface area contributed by atoms with E-state index in [1.807, 2.05) is 69.3 Å². The van der Waals surface area contributed by atoms with Crippen LogP contribution in [0.25, 0.3) is 0 Å². The summed E-state index contributed by atoms with van der Waals surface area (Å²) in [6, 6.07) is 18.3. The van der Waals surface area contributed by atoms with Crippen LogP contribution < -0.4 is 10.6 Å². The second-order valence-electron chi connectivity index (χ2n) is 9.47. The van der Waals surface area contributed by atoms with E-state index in [0.717, 1.165) is 16.8 Å². The van der Waals surface area contributed by atoms with Crippen LogP contribution in [-0.4, -0.2) is 29.4 Å². The highest BCUT2D eigenvalue weighted by Gasteiger charge is 2.40. The standard InChI is InChI=1S/C27H34N2O3/c1-20-12-14-22(15-13-20)18-28-23-11-8-16-27(24(23)30,17-21-9-6-5-7-10-21)19-29-25(31)32-26(2,3)4/h5-16,24,28,30H,17-19H2,1-4H3,(H,29,31)/t24-,27+/m0/s1. The molecular formula is C27H34N2O3. The molecule has 0 saturated heterocycles. The normalized spacial score (nSPS) is 20.4. The molecule has 170 valence electrons. The molecule has 0 radical (unpaired) electrons. The number of hydrogen-bond donors (Lipinski definition) is 3. The van der Waals surface area contributed by atoms with Gasteiger partial charge in [-0.3, -0.25) is 0 Å². The minimum Gasteiger partial charge on any atom is -0.444 e. The number of hydrogen-bond acceptors (Lipinski definition) is 4. The van der Waals surface area contributed by atoms with Gasteiger partial charge in [0.2, 0.25) is 0 Å². The maximum absolute atomic E-state index is 12.4. The van der Waals surface area contributed by atoms with Crippen molar-refractivity contribution in [2.75, 3.05) is 6.54 Å². The molecule has 1 aliphatic carbocycles. The van der Waals surface area contributed by atoms with Crippen LogP contribution in [0.2, 0.25) is 0 Å². The van der Waals surface area contributed by atoms with E-state index < -0.39 is 23.2 Å². The Morgan fingerprint density at radius 3 is 2.41 bits per heavy atom. The smallest absolute Gasteiger partial charge is 0.407 e. The number of aryl methyl sites for hydroxylation is 1. The minimum absolute atomic E-state index is 0.248. The molecule has 3 rings (SSSR count). The molecule has 2 aromatic carbocycles. The van der Waals surface area contributed by atoms with Gasteiger partial charge >= 0.3 is 6.09 Å². The monoisotopic (exact) mass is 434 g/mol. The Morgan fingerprint density at radius 2 is 1.75 bits per heavy atom. The summed E-state index contributed by atoms with van der Waals surface area (Å²) in [6.07, 6.45) is 5.10. The molecule has 32 heavy (non-hydrogen) atoms. The van der Waals surface area contributed by atoms with Gasteiger partial charge in [0.25, 0.3) is 0 Å². The quantitative estimate of drug-likeness (QED) is 0.593. The number of nitrogens with one attached hydrogen (secondary N) is 2. The van der Waals surface area contributed by atoms with Gasteiger partial charge < -0.3 is 20.5 Å². The van der Waals surface area contributed by atoms with Crippen LogP contribution in [0, 0.1) is 12.3 Å². The summed E-state index contributed by atoms with van der Waals surface area (Å²) in [5.41, 5.74) is 2.88. The van der Waals surface area contributed by atoms with Crippen LogP contribution in [0.15, 0.2) is 78.5 Å². The number of ether oxygens (including phenoxy) is 1. The van der Waals surface area contributed by atoms with Gasteiger partial charge in [-0.15, -0.1) is 0 Å². The molecular weight excluding hydrogens is 400 g/mol. The average Bonchev–Trinajstić information content (AvgIpc) is 2.74. The molecule has 0 aromatic heterocycles. The van der Waals surface area contributed by atoms with E-state index in [-0.39, 0.29) is 6.54 Å². The Bertz CT molecular complexity index is 959. The zero-order chi connectivity index (χ0) is 23.2. The summed E-state index contributed by atoms with van der Waals surface area (Å²) in [4.78, 5) is 12.4. The largest absolute Gasteiger partial charge is 0.444 e. The predicted molar refractivity (Wildman–Crippen MR) is 128 cm³/mol. The van der Waals surface area contributed by atoms with E-state index in [0.29, 0.717) is 13.0 Å². The lowest BCUT2D eigenvalue weighted by Crippen LogP contribution is -2.50. The van der Waals surface area contributed by atoms with Crippen molar-refractivity contribution in [3.05, 3.63) is 95.2 Å². The van der Waals surface area contributed by atoms with Crippen molar-refractivity contribution in [1.29, 1.82) is 0 Å². The first-order valence-electron chi connectivity index (χ1n) is 11.0. The zero-order valence-electron chi connectivity index (χ0n) is 19.4. The molecule has 5 nitrogen and oxygen atoms in total. The lowest BCUT2D eigenvalue weighted by atomic mass is 9.73. The molecule has 0 spiro atoms. The highest BCUT2D eigenvalue weighted by atomic mass is 16.6. The van der Waals surface area contributed by atoms with Crippen LogP contribution >= 0.6 is 0 Å². The fraction of sp³-hybridized carbons (Fsp3) is 0.370. The van der Waals surface area contributed by atoms with Crippen molar-refractivity contribution in [3.8, 4) is 0 Å². The van der Waals surface area contributed by atoms with Crippen molar-refractivity contribution in [1.82, 2.24) is 10.6 Å². The van der Waals surface area contributed by atoms with Gasteiger partial charge in [-0.2, -0.15) is 0 Å². The van der Waals surface area contributed by atoms with Crippen LogP contribution in [0.1, 0.15) is 37.5 Å². The second-order valence-corrected chi connectivity index (χ2v) is 9.47. The van der Waals surface area contributed by atoms with Gasteiger partial charge in [-0.25, -0.2) is 4.79 Å². The predicted octanol–water partition coefficient (Wildman–Crippen LogP) is 4.65. The number of amides is 1. The molecule has 0 unspecified atom stereocenters. The first kappa shape index (κ1) is 23.6. The Balaban J connectivity index is 1.77. The van der Waals surface area contributed by atoms with Crippen LogP contribution in [0.3, 0.4) is 0 Å². The number of carbonyl (C=O) groups is 1. The van der Waals surface area contributed by atoms with Crippen molar-refractivity contribution in [3.63, 3.8) is 0 Å². The summed E-state index contributed by atoms with van der Waals surface area (Å²) in [5.74, 6) is 0. The molecule has 0 fully saturated rings. The lowest BCUT2D eigenvalue weighted by Gasteiger charge is -2.39. The van der Waals surface area contributed by atoms with Crippen LogP contribution in [0.4, 0.5) is 4.79 Å². The van der Waals surface area contributed by atoms with Crippen molar-refractivity contribution < 1.29 is 14.6 Å². The van der Waals surface area contributed by atoms with Gasteiger partial charge in [0.15, 0.2) is 0 Å². The highest BCUT2D eigenvalue weighted by molar-refractivity contribution is 5.67. The summed E-state index contributed by atoms with van der Waals surface area (Å²) < 4.78 is 5.42. The first-order valence-corrected chi connectivity index (χ1v) is 11.0. The summed E-state index contributed by atoms with van der Waals surface area (Å²) in [6.45, 7) is 8.41. The van der Waals surface area contributed by atoms with Gasteiger partial charge in [-0.1, -0.05) is 72.3 Å². The minimum atomic E-state index is -0.812. The van der Waals surface area contributed by atoms with Crippen molar-refractivity contribution in [2.45, 2.75) is 52.4 Å². The average molecular weight is 435 g/mol. The van der Waals surface area contributed by atoms with Gasteiger partial charge in [0.05, 0.1) is 0 Å². The number of benzene rings is 2. The molecule has 0 heterocycles. The van der Waals surface area contributed by atoms with E-state index in [9.17, 15) is 9.90 Å². The third-order valence-corrected chi connectivity index (χ3v) is 5.50. The highest BCUT2D eigenvalue weighted by Crippen LogP contribution is 2.35. The maximum atomic E-state index is 12.4. The fourth-order valence-electron chi connectivity index (χ4n) is 3.80. The fourth-order valence-corrected chi connectivity index (χ4v) is 3.80. The zero-order valence-corrected chi connectivity index (χ0v) is 19.4. The number of aliphatic hydroxyl groups is 1. The number of aliphatic hydroxyl groups excluding tert-OH is 1. The molecule has 2 aromatic rings. The molecule has 2 atom stereocenters.